The molecule has 152 valence electrons. The summed E-state index contributed by atoms with van der Waals surface area (Å²) >= 11 is 0. The molecule has 0 aliphatic heterocycles. The lowest BCUT2D eigenvalue weighted by molar-refractivity contribution is 0.102. The minimum Gasteiger partial charge on any atom is -0.494 e. The number of carbonyl (C=O) groups is 1. The van der Waals surface area contributed by atoms with E-state index in [2.05, 4.69) is 15.3 Å². The fraction of sp³-hybridized carbons (Fsp3) is 0.0417. The first-order chi connectivity index (χ1) is 15.2. The molecule has 1 N–H and O–H groups in total. The highest BCUT2D eigenvalue weighted by Crippen LogP contribution is 2.27. The molecule has 5 rings (SSSR count). The van der Waals surface area contributed by atoms with Crippen molar-refractivity contribution in [1.29, 1.82) is 0 Å². The van der Waals surface area contributed by atoms with Crippen LogP contribution in [0.25, 0.3) is 22.4 Å². The highest BCUT2D eigenvalue weighted by molar-refractivity contribution is 6.04. The van der Waals surface area contributed by atoms with Crippen LogP contribution in [0.15, 0.2) is 91.8 Å². The van der Waals surface area contributed by atoms with Crippen molar-refractivity contribution in [3.63, 3.8) is 0 Å². The summed E-state index contributed by atoms with van der Waals surface area (Å²) in [5.74, 6) is 0.429. The third-order valence-electron chi connectivity index (χ3n) is 5.06. The summed E-state index contributed by atoms with van der Waals surface area (Å²) in [6, 6.07) is 20.8. The summed E-state index contributed by atoms with van der Waals surface area (Å²) in [5, 5.41) is 2.95. The molecule has 3 aromatic carbocycles. The van der Waals surface area contributed by atoms with Crippen LogP contribution in [0.3, 0.4) is 0 Å². The van der Waals surface area contributed by atoms with Crippen LogP contribution in [-0.4, -0.2) is 32.1 Å². The molecule has 0 spiro atoms. The molecule has 0 aliphatic rings. The van der Waals surface area contributed by atoms with Gasteiger partial charge in [0, 0.05) is 35.4 Å². The minimum absolute atomic E-state index is 0.205. The number of fused-ring (bicyclic) bond motifs is 1. The summed E-state index contributed by atoms with van der Waals surface area (Å²) < 4.78 is 9.31. The summed E-state index contributed by atoms with van der Waals surface area (Å²) in [5.41, 5.74) is 4.79. The first-order valence-electron chi connectivity index (χ1n) is 9.73. The Hall–Kier alpha value is -4.39. The maximum absolute atomic E-state index is 12.9. The van der Waals surface area contributed by atoms with Crippen LogP contribution >= 0.6 is 0 Å². The standard InChI is InChI=1S/C24H19N5O2/c1-31-23-14-18(9-10-22(23)28-12-11-25-15-28)27-24(30)17-5-4-6-19(13-17)29-16-26-20-7-2-3-8-21(20)29/h2-16H,1H3,(H,27,30). The van der Waals surface area contributed by atoms with Crippen molar-refractivity contribution in [2.75, 3.05) is 12.4 Å². The Bertz CT molecular complexity index is 1370. The molecule has 0 bridgehead atoms. The lowest BCUT2D eigenvalue weighted by atomic mass is 10.1. The number of nitrogens with one attached hydrogen (secondary N) is 1. The topological polar surface area (TPSA) is 74.0 Å². The average molecular weight is 409 g/mol. The molecule has 0 saturated heterocycles. The van der Waals surface area contributed by atoms with Gasteiger partial charge in [-0.3, -0.25) is 9.36 Å². The van der Waals surface area contributed by atoms with Crippen LogP contribution in [0.4, 0.5) is 5.69 Å². The lowest BCUT2D eigenvalue weighted by Crippen LogP contribution is -2.12. The number of methoxy groups -OCH3 is 1. The predicted molar refractivity (Wildman–Crippen MR) is 119 cm³/mol. The third kappa shape index (κ3) is 3.53. The normalized spacial score (nSPS) is 10.9. The molecule has 0 radical (unpaired) electrons. The largest absolute Gasteiger partial charge is 0.494 e. The van der Waals surface area contributed by atoms with Crippen molar-refractivity contribution in [3.05, 3.63) is 97.3 Å². The molecular formula is C24H19N5O2. The lowest BCUT2D eigenvalue weighted by Gasteiger charge is -2.12. The van der Waals surface area contributed by atoms with Gasteiger partial charge in [0.15, 0.2) is 0 Å². The third-order valence-corrected chi connectivity index (χ3v) is 5.06. The molecule has 7 heteroatoms. The fourth-order valence-electron chi connectivity index (χ4n) is 3.54. The maximum Gasteiger partial charge on any atom is 0.255 e. The van der Waals surface area contributed by atoms with E-state index in [9.17, 15) is 4.79 Å². The number of carbonyl (C=O) groups excluding carboxylic acids is 1. The number of rotatable bonds is 5. The average Bonchev–Trinajstić information content (AvgIpc) is 3.49. The number of hydrogen-bond donors (Lipinski definition) is 1. The van der Waals surface area contributed by atoms with Gasteiger partial charge in [0.1, 0.15) is 12.1 Å². The molecule has 31 heavy (non-hydrogen) atoms. The van der Waals surface area contributed by atoms with Crippen molar-refractivity contribution in [2.45, 2.75) is 0 Å². The van der Waals surface area contributed by atoms with Crippen molar-refractivity contribution in [3.8, 4) is 17.1 Å². The van der Waals surface area contributed by atoms with Gasteiger partial charge in [0.05, 0.1) is 30.2 Å². The van der Waals surface area contributed by atoms with E-state index >= 15 is 0 Å². The second-order valence-electron chi connectivity index (χ2n) is 6.96. The van der Waals surface area contributed by atoms with E-state index in [-0.39, 0.29) is 5.91 Å². The number of aromatic nitrogens is 4. The molecule has 0 aliphatic carbocycles. The number of nitrogens with zero attached hydrogens (tertiary/aromatic N) is 4. The van der Waals surface area contributed by atoms with Crippen LogP contribution in [0.5, 0.6) is 5.75 Å². The number of para-hydroxylation sites is 2. The van der Waals surface area contributed by atoms with Gasteiger partial charge in [-0.1, -0.05) is 18.2 Å². The van der Waals surface area contributed by atoms with E-state index in [1.807, 2.05) is 69.9 Å². The van der Waals surface area contributed by atoms with E-state index in [0.29, 0.717) is 17.0 Å². The van der Waals surface area contributed by atoms with E-state index < -0.39 is 0 Å². The van der Waals surface area contributed by atoms with E-state index in [4.69, 9.17) is 4.74 Å². The summed E-state index contributed by atoms with van der Waals surface area (Å²) in [4.78, 5) is 21.4. The number of benzene rings is 3. The summed E-state index contributed by atoms with van der Waals surface area (Å²) in [7, 11) is 1.60. The predicted octanol–water partition coefficient (Wildman–Crippen LogP) is 4.47. The molecule has 0 unspecified atom stereocenters. The first-order valence-corrected chi connectivity index (χ1v) is 9.73. The molecule has 2 aromatic heterocycles. The number of imidazole rings is 2. The number of anilines is 1. The summed E-state index contributed by atoms with van der Waals surface area (Å²) in [6.07, 6.45) is 7.00. The zero-order valence-electron chi connectivity index (χ0n) is 16.8. The molecule has 0 fully saturated rings. The van der Waals surface area contributed by atoms with Gasteiger partial charge in [0.25, 0.3) is 5.91 Å². The van der Waals surface area contributed by atoms with Gasteiger partial charge in [-0.15, -0.1) is 0 Å². The quantitative estimate of drug-likeness (QED) is 0.465. The van der Waals surface area contributed by atoms with Gasteiger partial charge < -0.3 is 14.6 Å². The molecule has 7 nitrogen and oxygen atoms in total. The van der Waals surface area contributed by atoms with Gasteiger partial charge in [-0.25, -0.2) is 9.97 Å². The fourth-order valence-corrected chi connectivity index (χ4v) is 3.54. The molecule has 5 aromatic rings. The van der Waals surface area contributed by atoms with E-state index in [1.54, 1.807) is 38.1 Å². The first kappa shape index (κ1) is 18.6. The van der Waals surface area contributed by atoms with Crippen LogP contribution in [0.1, 0.15) is 10.4 Å². The Morgan fingerprint density at radius 3 is 2.74 bits per heavy atom. The smallest absolute Gasteiger partial charge is 0.255 e. The molecule has 1 amide bonds. The zero-order valence-corrected chi connectivity index (χ0v) is 16.8. The molecule has 2 heterocycles. The van der Waals surface area contributed by atoms with Gasteiger partial charge >= 0.3 is 0 Å². The highest BCUT2D eigenvalue weighted by Gasteiger charge is 2.12. The maximum atomic E-state index is 12.9. The van der Waals surface area contributed by atoms with Crippen LogP contribution in [-0.2, 0) is 0 Å². The second kappa shape index (κ2) is 7.79. The van der Waals surface area contributed by atoms with Crippen molar-refractivity contribution >= 4 is 22.6 Å². The van der Waals surface area contributed by atoms with Crippen LogP contribution in [0, 0.1) is 0 Å². The summed E-state index contributed by atoms with van der Waals surface area (Å²) in [6.45, 7) is 0. The SMILES string of the molecule is COc1cc(NC(=O)c2cccc(-n3cnc4ccccc43)c2)ccc1-n1ccnc1. The Labute approximate surface area is 178 Å². The van der Waals surface area contributed by atoms with Crippen molar-refractivity contribution in [1.82, 2.24) is 19.1 Å². The van der Waals surface area contributed by atoms with E-state index in [1.165, 1.54) is 0 Å². The molecule has 0 saturated carbocycles. The van der Waals surface area contributed by atoms with Crippen molar-refractivity contribution in [2.24, 2.45) is 0 Å². The Balaban J connectivity index is 1.42. The van der Waals surface area contributed by atoms with Gasteiger partial charge in [-0.2, -0.15) is 0 Å². The second-order valence-corrected chi connectivity index (χ2v) is 6.96. The monoisotopic (exact) mass is 409 g/mol. The molecule has 0 atom stereocenters. The molecular weight excluding hydrogens is 390 g/mol. The van der Waals surface area contributed by atoms with Crippen LogP contribution < -0.4 is 10.1 Å². The van der Waals surface area contributed by atoms with Crippen molar-refractivity contribution < 1.29 is 9.53 Å². The Morgan fingerprint density at radius 1 is 1.00 bits per heavy atom. The zero-order chi connectivity index (χ0) is 21.2. The number of amides is 1. The Kier molecular flexibility index (Phi) is 4.68. The minimum atomic E-state index is -0.205. The van der Waals surface area contributed by atoms with Gasteiger partial charge in [-0.05, 0) is 42.5 Å². The number of hydrogen-bond acceptors (Lipinski definition) is 4. The Morgan fingerprint density at radius 2 is 1.90 bits per heavy atom. The highest BCUT2D eigenvalue weighted by atomic mass is 16.5. The van der Waals surface area contributed by atoms with E-state index in [0.717, 1.165) is 22.4 Å². The van der Waals surface area contributed by atoms with Crippen LogP contribution in [0.2, 0.25) is 0 Å². The van der Waals surface area contributed by atoms with Gasteiger partial charge in [0.2, 0.25) is 0 Å². The number of ether oxygens (including phenoxy) is 1.